The quantitative estimate of drug-likeness (QED) is 0.908. The summed E-state index contributed by atoms with van der Waals surface area (Å²) in [5.41, 5.74) is 3.66. The topological polar surface area (TPSA) is 80.3 Å². The van der Waals surface area contributed by atoms with E-state index in [0.29, 0.717) is 19.6 Å². The number of nitrogens with zero attached hydrogens (tertiary/aromatic N) is 1. The molecule has 7 heteroatoms. The lowest BCUT2D eigenvalue weighted by atomic mass is 10.1. The molecule has 2 aromatic rings. The Balaban J connectivity index is 1.70. The number of amides is 2. The van der Waals surface area contributed by atoms with E-state index >= 15 is 0 Å². The third-order valence-corrected chi connectivity index (χ3v) is 4.09. The van der Waals surface area contributed by atoms with Crippen molar-refractivity contribution in [2.75, 3.05) is 11.9 Å². The molecule has 6 nitrogen and oxygen atoms in total. The van der Waals surface area contributed by atoms with Gasteiger partial charge in [0.1, 0.15) is 5.01 Å². The van der Waals surface area contributed by atoms with Crippen molar-refractivity contribution in [3.05, 3.63) is 34.2 Å². The summed E-state index contributed by atoms with van der Waals surface area (Å²) in [7, 11) is 0. The van der Waals surface area contributed by atoms with E-state index < -0.39 is 6.09 Å². The van der Waals surface area contributed by atoms with Crippen molar-refractivity contribution in [2.45, 2.75) is 19.9 Å². The van der Waals surface area contributed by atoms with Crippen LogP contribution in [0.25, 0.3) is 11.3 Å². The van der Waals surface area contributed by atoms with Gasteiger partial charge >= 0.3 is 6.09 Å². The molecule has 2 N–H and O–H groups in total. The predicted octanol–water partition coefficient (Wildman–Crippen LogP) is 2.55. The Morgan fingerprint density at radius 1 is 1.50 bits per heavy atom. The maximum Gasteiger partial charge on any atom is 0.407 e. The smallest absolute Gasteiger partial charge is 0.407 e. The number of hydrogen-bond acceptors (Lipinski definition) is 5. The Kier molecular flexibility index (Phi) is 4.06. The molecule has 3 rings (SSSR count). The molecule has 1 aliphatic rings. The lowest BCUT2D eigenvalue weighted by Gasteiger charge is -2.03. The van der Waals surface area contributed by atoms with Crippen LogP contribution in [0.1, 0.15) is 17.5 Å². The summed E-state index contributed by atoms with van der Waals surface area (Å²) in [6, 6.07) is 5.80. The molecule has 0 unspecified atom stereocenters. The number of fused-ring (bicyclic) bond motifs is 1. The summed E-state index contributed by atoms with van der Waals surface area (Å²) in [5, 5.41) is 8.19. The van der Waals surface area contributed by atoms with Crippen LogP contribution in [0, 0.1) is 0 Å². The first-order chi connectivity index (χ1) is 10.7. The minimum atomic E-state index is -0.443. The highest BCUT2D eigenvalue weighted by Gasteiger charge is 2.18. The fourth-order valence-corrected chi connectivity index (χ4v) is 2.99. The van der Waals surface area contributed by atoms with Gasteiger partial charge in [-0.15, -0.1) is 11.3 Å². The Morgan fingerprint density at radius 2 is 2.36 bits per heavy atom. The lowest BCUT2D eigenvalue weighted by molar-refractivity contribution is -0.115. The summed E-state index contributed by atoms with van der Waals surface area (Å²) < 4.78 is 4.80. The van der Waals surface area contributed by atoms with Crippen molar-refractivity contribution in [3.63, 3.8) is 0 Å². The van der Waals surface area contributed by atoms with Crippen LogP contribution < -0.4 is 10.6 Å². The van der Waals surface area contributed by atoms with Gasteiger partial charge in [-0.1, -0.05) is 6.07 Å². The first-order valence-electron chi connectivity index (χ1n) is 6.94. The first kappa shape index (κ1) is 14.5. The number of nitrogens with one attached hydrogen (secondary N) is 2. The molecule has 0 aliphatic carbocycles. The van der Waals surface area contributed by atoms with Gasteiger partial charge in [-0.3, -0.25) is 4.79 Å². The highest BCUT2D eigenvalue weighted by molar-refractivity contribution is 7.09. The van der Waals surface area contributed by atoms with Crippen LogP contribution >= 0.6 is 11.3 Å². The average molecular weight is 317 g/mol. The molecule has 0 saturated carbocycles. The largest absolute Gasteiger partial charge is 0.450 e. The zero-order chi connectivity index (χ0) is 15.5. The van der Waals surface area contributed by atoms with Gasteiger partial charge in [-0.2, -0.15) is 0 Å². The van der Waals surface area contributed by atoms with Crippen molar-refractivity contribution in [1.82, 2.24) is 10.3 Å². The number of ether oxygens (including phenoxy) is 1. The number of anilines is 1. The van der Waals surface area contributed by atoms with Gasteiger partial charge in [0.25, 0.3) is 0 Å². The second-order valence-corrected chi connectivity index (χ2v) is 5.74. The van der Waals surface area contributed by atoms with E-state index in [1.165, 1.54) is 11.3 Å². The first-order valence-corrected chi connectivity index (χ1v) is 7.82. The summed E-state index contributed by atoms with van der Waals surface area (Å²) in [6.07, 6.45) is -0.0359. The standard InChI is InChI=1S/C15H15N3O3S/c1-2-21-15(20)16-7-14-18-12(8-22-14)9-3-4-11-10(5-9)6-13(19)17-11/h3-5,8H,2,6-7H2,1H3,(H,16,20)(H,17,19). The second-order valence-electron chi connectivity index (χ2n) is 4.80. The SMILES string of the molecule is CCOC(=O)NCc1nc(-c2ccc3c(c2)CC(=O)N3)cs1. The Hall–Kier alpha value is -2.41. The number of carbonyl (C=O) groups is 2. The fraction of sp³-hybridized carbons (Fsp3) is 0.267. The van der Waals surface area contributed by atoms with E-state index in [-0.39, 0.29) is 5.91 Å². The van der Waals surface area contributed by atoms with E-state index in [2.05, 4.69) is 15.6 Å². The average Bonchev–Trinajstić information content (AvgIpc) is 3.09. The third-order valence-electron chi connectivity index (χ3n) is 3.24. The minimum absolute atomic E-state index is 0.0183. The van der Waals surface area contributed by atoms with E-state index in [9.17, 15) is 9.59 Å². The molecule has 0 radical (unpaired) electrons. The summed E-state index contributed by atoms with van der Waals surface area (Å²) in [4.78, 5) is 27.1. The number of aromatic nitrogens is 1. The van der Waals surface area contributed by atoms with Gasteiger partial charge in [-0.25, -0.2) is 9.78 Å². The zero-order valence-electron chi connectivity index (χ0n) is 12.0. The molecule has 2 amide bonds. The molecule has 1 aromatic heterocycles. The molecule has 1 aromatic carbocycles. The highest BCUT2D eigenvalue weighted by atomic mass is 32.1. The molecule has 0 bridgehead atoms. The van der Waals surface area contributed by atoms with Crippen LogP contribution in [0.4, 0.5) is 10.5 Å². The van der Waals surface area contributed by atoms with Crippen molar-refractivity contribution in [2.24, 2.45) is 0 Å². The Labute approximate surface area is 131 Å². The van der Waals surface area contributed by atoms with Crippen molar-refractivity contribution in [1.29, 1.82) is 0 Å². The number of thiazole rings is 1. The van der Waals surface area contributed by atoms with Crippen LogP contribution in [0.5, 0.6) is 0 Å². The number of hydrogen-bond donors (Lipinski definition) is 2. The maximum atomic E-state index is 11.4. The molecule has 2 heterocycles. The molecular weight excluding hydrogens is 302 g/mol. The van der Waals surface area contributed by atoms with Gasteiger partial charge < -0.3 is 15.4 Å². The third kappa shape index (κ3) is 3.09. The normalized spacial score (nSPS) is 12.7. The summed E-state index contributed by atoms with van der Waals surface area (Å²) >= 11 is 1.47. The molecular formula is C15H15N3O3S. The molecule has 22 heavy (non-hydrogen) atoms. The van der Waals surface area contributed by atoms with Crippen molar-refractivity contribution in [3.8, 4) is 11.3 Å². The number of benzene rings is 1. The number of rotatable bonds is 4. The fourth-order valence-electron chi connectivity index (χ4n) is 2.24. The van der Waals surface area contributed by atoms with Crippen LogP contribution in [-0.2, 0) is 22.5 Å². The molecule has 0 spiro atoms. The molecule has 0 fully saturated rings. The van der Waals surface area contributed by atoms with Gasteiger partial charge in [0, 0.05) is 16.6 Å². The van der Waals surface area contributed by atoms with Gasteiger partial charge in [-0.05, 0) is 24.6 Å². The van der Waals surface area contributed by atoms with Crippen LogP contribution in [0.2, 0.25) is 0 Å². The van der Waals surface area contributed by atoms with Crippen LogP contribution in [-0.4, -0.2) is 23.6 Å². The van der Waals surface area contributed by atoms with Gasteiger partial charge in [0.2, 0.25) is 5.91 Å². The summed E-state index contributed by atoms with van der Waals surface area (Å²) in [5.74, 6) is 0.0183. The van der Waals surface area contributed by atoms with Crippen molar-refractivity contribution >= 4 is 29.0 Å². The van der Waals surface area contributed by atoms with Gasteiger partial charge in [0.05, 0.1) is 25.3 Å². The van der Waals surface area contributed by atoms with E-state index in [0.717, 1.165) is 27.5 Å². The predicted molar refractivity (Wildman–Crippen MR) is 83.7 cm³/mol. The Bertz CT molecular complexity index is 727. The Morgan fingerprint density at radius 3 is 3.18 bits per heavy atom. The lowest BCUT2D eigenvalue weighted by Crippen LogP contribution is -2.23. The van der Waals surface area contributed by atoms with Crippen LogP contribution in [0.3, 0.4) is 0 Å². The number of carbonyl (C=O) groups excluding carboxylic acids is 2. The minimum Gasteiger partial charge on any atom is -0.450 e. The van der Waals surface area contributed by atoms with Gasteiger partial charge in [0.15, 0.2) is 0 Å². The molecule has 1 aliphatic heterocycles. The monoisotopic (exact) mass is 317 g/mol. The maximum absolute atomic E-state index is 11.4. The van der Waals surface area contributed by atoms with E-state index in [1.807, 2.05) is 23.6 Å². The summed E-state index contributed by atoms with van der Waals surface area (Å²) in [6.45, 7) is 2.44. The molecule has 0 saturated heterocycles. The van der Waals surface area contributed by atoms with Crippen molar-refractivity contribution < 1.29 is 14.3 Å². The number of alkyl carbamates (subject to hydrolysis) is 1. The van der Waals surface area contributed by atoms with E-state index in [4.69, 9.17) is 4.74 Å². The second kappa shape index (κ2) is 6.15. The zero-order valence-corrected chi connectivity index (χ0v) is 12.8. The van der Waals surface area contributed by atoms with E-state index in [1.54, 1.807) is 6.92 Å². The van der Waals surface area contributed by atoms with Crippen LogP contribution in [0.15, 0.2) is 23.6 Å². The molecule has 0 atom stereocenters. The molecule has 114 valence electrons. The highest BCUT2D eigenvalue weighted by Crippen LogP contribution is 2.29.